The molecule has 0 aromatic rings. The molecule has 2 saturated carbocycles. The molecule has 2 rings (SSSR count). The summed E-state index contributed by atoms with van der Waals surface area (Å²) in [7, 11) is 0. The Morgan fingerprint density at radius 2 is 1.59 bits per heavy atom. The van der Waals surface area contributed by atoms with E-state index in [1.54, 1.807) is 0 Å². The molecule has 17 heavy (non-hydrogen) atoms. The van der Waals surface area contributed by atoms with Crippen LogP contribution in [0.5, 0.6) is 0 Å². The lowest BCUT2D eigenvalue weighted by atomic mass is 9.80. The number of rotatable bonds is 4. The minimum Gasteiger partial charge on any atom is -0.356 e. The first-order valence-corrected chi connectivity index (χ1v) is 7.68. The van der Waals surface area contributed by atoms with E-state index in [0.29, 0.717) is 23.7 Å². The summed E-state index contributed by atoms with van der Waals surface area (Å²) in [6.07, 6.45) is 9.74. The van der Waals surface area contributed by atoms with Crippen LogP contribution in [0.25, 0.3) is 0 Å². The number of halogens is 1. The molecular weight excluding hydrogens is 234 g/mol. The van der Waals surface area contributed by atoms with Crippen molar-refractivity contribution in [3.8, 4) is 0 Å². The van der Waals surface area contributed by atoms with Crippen molar-refractivity contribution >= 4 is 17.5 Å². The number of alkyl halides is 1. The zero-order valence-corrected chi connectivity index (χ0v) is 11.3. The monoisotopic (exact) mass is 257 g/mol. The van der Waals surface area contributed by atoms with Gasteiger partial charge in [-0.15, -0.1) is 11.6 Å². The molecule has 0 aromatic heterocycles. The Morgan fingerprint density at radius 1 is 1.00 bits per heavy atom. The maximum atomic E-state index is 11.9. The summed E-state index contributed by atoms with van der Waals surface area (Å²) in [5, 5.41) is 3.16. The van der Waals surface area contributed by atoms with Crippen LogP contribution >= 0.6 is 11.6 Å². The maximum absolute atomic E-state index is 11.9. The SMILES string of the molecule is O=C(NCC1CCCCC1CCl)C1CCCC1. The van der Waals surface area contributed by atoms with E-state index in [4.69, 9.17) is 11.6 Å². The largest absolute Gasteiger partial charge is 0.356 e. The Hall–Kier alpha value is -0.240. The van der Waals surface area contributed by atoms with Crippen LogP contribution < -0.4 is 5.32 Å². The molecule has 2 unspecified atom stereocenters. The van der Waals surface area contributed by atoms with Crippen molar-refractivity contribution in [1.82, 2.24) is 5.32 Å². The summed E-state index contributed by atoms with van der Waals surface area (Å²) in [5.41, 5.74) is 0. The smallest absolute Gasteiger partial charge is 0.223 e. The van der Waals surface area contributed by atoms with Crippen LogP contribution in [0.15, 0.2) is 0 Å². The summed E-state index contributed by atoms with van der Waals surface area (Å²) in [4.78, 5) is 11.9. The molecule has 2 aliphatic carbocycles. The van der Waals surface area contributed by atoms with Gasteiger partial charge in [0, 0.05) is 18.3 Å². The van der Waals surface area contributed by atoms with Gasteiger partial charge >= 0.3 is 0 Å². The molecule has 0 radical (unpaired) electrons. The second kappa shape index (κ2) is 6.63. The van der Waals surface area contributed by atoms with Gasteiger partial charge in [0.05, 0.1) is 0 Å². The van der Waals surface area contributed by atoms with E-state index in [9.17, 15) is 4.79 Å². The highest BCUT2D eigenvalue weighted by molar-refractivity contribution is 6.18. The number of hydrogen-bond donors (Lipinski definition) is 1. The minimum absolute atomic E-state index is 0.293. The van der Waals surface area contributed by atoms with Crippen LogP contribution in [0.4, 0.5) is 0 Å². The number of hydrogen-bond acceptors (Lipinski definition) is 1. The minimum atomic E-state index is 0.293. The van der Waals surface area contributed by atoms with Crippen molar-refractivity contribution < 1.29 is 4.79 Å². The quantitative estimate of drug-likeness (QED) is 0.769. The van der Waals surface area contributed by atoms with Crippen LogP contribution in [0.3, 0.4) is 0 Å². The average Bonchev–Trinajstić information content (AvgIpc) is 2.90. The van der Waals surface area contributed by atoms with Crippen molar-refractivity contribution in [2.75, 3.05) is 12.4 Å². The van der Waals surface area contributed by atoms with Crippen LogP contribution in [-0.2, 0) is 4.79 Å². The first-order valence-electron chi connectivity index (χ1n) is 7.15. The van der Waals surface area contributed by atoms with Crippen LogP contribution in [0.1, 0.15) is 51.4 Å². The van der Waals surface area contributed by atoms with Gasteiger partial charge in [0.15, 0.2) is 0 Å². The van der Waals surface area contributed by atoms with E-state index in [2.05, 4.69) is 5.32 Å². The number of carbonyl (C=O) groups excluding carboxylic acids is 1. The Kier molecular flexibility index (Phi) is 5.15. The van der Waals surface area contributed by atoms with Gasteiger partial charge in [-0.2, -0.15) is 0 Å². The lowest BCUT2D eigenvalue weighted by molar-refractivity contribution is -0.125. The van der Waals surface area contributed by atoms with Gasteiger partial charge in [0.2, 0.25) is 5.91 Å². The van der Waals surface area contributed by atoms with Gasteiger partial charge in [0.1, 0.15) is 0 Å². The molecule has 3 heteroatoms. The molecule has 1 amide bonds. The van der Waals surface area contributed by atoms with E-state index in [1.807, 2.05) is 0 Å². The fraction of sp³-hybridized carbons (Fsp3) is 0.929. The van der Waals surface area contributed by atoms with Gasteiger partial charge in [0.25, 0.3) is 0 Å². The van der Waals surface area contributed by atoms with Gasteiger partial charge < -0.3 is 5.32 Å². The van der Waals surface area contributed by atoms with Gasteiger partial charge in [-0.3, -0.25) is 4.79 Å². The molecule has 0 bridgehead atoms. The predicted octanol–water partition coefficient (Wildman–Crippen LogP) is 3.34. The molecule has 98 valence electrons. The number of nitrogens with one attached hydrogen (secondary N) is 1. The third-order valence-corrected chi connectivity index (χ3v) is 4.93. The second-order valence-electron chi connectivity index (χ2n) is 5.69. The molecule has 2 fully saturated rings. The maximum Gasteiger partial charge on any atom is 0.223 e. The van der Waals surface area contributed by atoms with Crippen molar-refractivity contribution in [2.45, 2.75) is 51.4 Å². The summed E-state index contributed by atoms with van der Waals surface area (Å²) < 4.78 is 0. The van der Waals surface area contributed by atoms with E-state index < -0.39 is 0 Å². The highest BCUT2D eigenvalue weighted by Crippen LogP contribution is 2.31. The van der Waals surface area contributed by atoms with Crippen LogP contribution in [0, 0.1) is 17.8 Å². The highest BCUT2D eigenvalue weighted by atomic mass is 35.5. The Balaban J connectivity index is 1.74. The third kappa shape index (κ3) is 3.61. The summed E-state index contributed by atoms with van der Waals surface area (Å²) in [6, 6.07) is 0. The first kappa shape index (κ1) is 13.2. The van der Waals surface area contributed by atoms with Crippen LogP contribution in [-0.4, -0.2) is 18.3 Å². The molecule has 2 nitrogen and oxygen atoms in total. The van der Waals surface area contributed by atoms with Crippen molar-refractivity contribution in [1.29, 1.82) is 0 Å². The summed E-state index contributed by atoms with van der Waals surface area (Å²) in [6.45, 7) is 0.854. The first-order chi connectivity index (χ1) is 8.31. The Morgan fingerprint density at radius 3 is 2.24 bits per heavy atom. The normalized spacial score (nSPS) is 30.4. The summed E-state index contributed by atoms with van der Waals surface area (Å²) >= 11 is 6.00. The fourth-order valence-electron chi connectivity index (χ4n) is 3.32. The third-order valence-electron chi connectivity index (χ3n) is 4.53. The van der Waals surface area contributed by atoms with Crippen molar-refractivity contribution in [3.05, 3.63) is 0 Å². The van der Waals surface area contributed by atoms with E-state index in [-0.39, 0.29) is 0 Å². The number of carbonyl (C=O) groups is 1. The molecule has 0 aliphatic heterocycles. The van der Waals surface area contributed by atoms with Gasteiger partial charge in [-0.1, -0.05) is 25.7 Å². The zero-order chi connectivity index (χ0) is 12.1. The van der Waals surface area contributed by atoms with Crippen molar-refractivity contribution in [2.24, 2.45) is 17.8 Å². The molecule has 1 N–H and O–H groups in total. The Labute approximate surface area is 109 Å². The van der Waals surface area contributed by atoms with E-state index >= 15 is 0 Å². The lowest BCUT2D eigenvalue weighted by Gasteiger charge is -2.30. The van der Waals surface area contributed by atoms with Crippen LogP contribution in [0.2, 0.25) is 0 Å². The van der Waals surface area contributed by atoms with E-state index in [0.717, 1.165) is 25.3 Å². The molecular formula is C14H24ClNO. The predicted molar refractivity (Wildman–Crippen MR) is 71.1 cm³/mol. The fourth-order valence-corrected chi connectivity index (χ4v) is 3.73. The lowest BCUT2D eigenvalue weighted by Crippen LogP contribution is -2.37. The molecule has 0 heterocycles. The molecule has 2 aliphatic rings. The second-order valence-corrected chi connectivity index (χ2v) is 5.99. The van der Waals surface area contributed by atoms with Gasteiger partial charge in [-0.05, 0) is 37.5 Å². The molecule has 0 aromatic carbocycles. The average molecular weight is 258 g/mol. The van der Waals surface area contributed by atoms with Crippen molar-refractivity contribution in [3.63, 3.8) is 0 Å². The molecule has 0 saturated heterocycles. The molecule has 2 atom stereocenters. The highest BCUT2D eigenvalue weighted by Gasteiger charge is 2.27. The summed E-state index contributed by atoms with van der Waals surface area (Å²) in [5.74, 6) is 2.58. The zero-order valence-electron chi connectivity index (χ0n) is 10.6. The topological polar surface area (TPSA) is 29.1 Å². The molecule has 0 spiro atoms. The standard InChI is InChI=1S/C14H24ClNO/c15-9-12-7-3-4-8-13(12)10-16-14(17)11-5-1-2-6-11/h11-13H,1-10H2,(H,16,17). The Bertz CT molecular complexity index is 251. The number of amides is 1. The van der Waals surface area contributed by atoms with Gasteiger partial charge in [-0.25, -0.2) is 0 Å². The van der Waals surface area contributed by atoms with E-state index in [1.165, 1.54) is 38.5 Å².